The van der Waals surface area contributed by atoms with Gasteiger partial charge in [-0.1, -0.05) is 24.3 Å². The first-order valence-electron chi connectivity index (χ1n) is 9.28. The van der Waals surface area contributed by atoms with Crippen molar-refractivity contribution in [1.29, 1.82) is 0 Å². The number of hydrogen-bond acceptors (Lipinski definition) is 5. The number of carbonyl (C=O) groups is 1. The molecule has 30 heavy (non-hydrogen) atoms. The van der Waals surface area contributed by atoms with Crippen molar-refractivity contribution in [3.8, 4) is 0 Å². The first kappa shape index (κ1) is 21.7. The number of halogens is 2. The highest BCUT2D eigenvalue weighted by Crippen LogP contribution is 2.23. The molecule has 1 aromatic carbocycles. The summed E-state index contributed by atoms with van der Waals surface area (Å²) in [6, 6.07) is 4.32. The van der Waals surface area contributed by atoms with Crippen molar-refractivity contribution >= 4 is 41.2 Å². The molecule has 1 heterocycles. The van der Waals surface area contributed by atoms with Gasteiger partial charge in [-0.25, -0.2) is 14.4 Å². The zero-order valence-corrected chi connectivity index (χ0v) is 17.8. The lowest BCUT2D eigenvalue weighted by atomic mass is 9.88. The first-order valence-corrected chi connectivity index (χ1v) is 9.66. The summed E-state index contributed by atoms with van der Waals surface area (Å²) in [5.41, 5.74) is 0.449. The van der Waals surface area contributed by atoms with Gasteiger partial charge in [0.2, 0.25) is 5.91 Å². The van der Waals surface area contributed by atoms with Crippen LogP contribution in [-0.2, 0) is 4.79 Å². The van der Waals surface area contributed by atoms with E-state index in [4.69, 9.17) is 11.6 Å². The van der Waals surface area contributed by atoms with Crippen molar-refractivity contribution in [2.45, 2.75) is 12.5 Å². The van der Waals surface area contributed by atoms with Gasteiger partial charge in [0.05, 0.1) is 15.9 Å². The molecule has 1 amide bonds. The number of nitrogens with one attached hydrogen (secondary N) is 2. The van der Waals surface area contributed by atoms with Gasteiger partial charge in [-0.05, 0) is 56.9 Å². The quantitative estimate of drug-likeness (QED) is 0.691. The van der Waals surface area contributed by atoms with E-state index in [0.717, 1.165) is 0 Å². The maximum atomic E-state index is 13.5. The molecule has 1 unspecified atom stereocenters. The number of hydrogen-bond donors (Lipinski definition) is 2. The molecule has 0 saturated heterocycles. The molecule has 0 saturated carbocycles. The van der Waals surface area contributed by atoms with E-state index >= 15 is 0 Å². The van der Waals surface area contributed by atoms with E-state index in [1.807, 2.05) is 38.1 Å². The molecule has 0 aliphatic heterocycles. The molecule has 8 heteroatoms. The lowest BCUT2D eigenvalue weighted by Gasteiger charge is -2.30. The van der Waals surface area contributed by atoms with Crippen LogP contribution in [0.25, 0.3) is 12.2 Å². The zero-order chi connectivity index (χ0) is 21.9. The smallest absolute Gasteiger partial charge is 0.244 e. The zero-order valence-electron chi connectivity index (χ0n) is 17.0. The number of benzene rings is 1. The van der Waals surface area contributed by atoms with Crippen LogP contribution in [0.4, 0.5) is 15.9 Å². The fourth-order valence-corrected chi connectivity index (χ4v) is 3.14. The number of rotatable bonds is 6. The molecular weight excluding hydrogens is 405 g/mol. The molecule has 0 spiro atoms. The molecular formula is C22H23ClFN5O. The molecule has 0 bridgehead atoms. The molecule has 6 nitrogen and oxygen atoms in total. The second-order valence-corrected chi connectivity index (χ2v) is 7.85. The van der Waals surface area contributed by atoms with Gasteiger partial charge in [0.15, 0.2) is 0 Å². The van der Waals surface area contributed by atoms with Gasteiger partial charge in [0, 0.05) is 23.5 Å². The van der Waals surface area contributed by atoms with Gasteiger partial charge in [-0.15, -0.1) is 0 Å². The minimum Gasteiger partial charge on any atom is -0.340 e. The van der Waals surface area contributed by atoms with Gasteiger partial charge in [-0.2, -0.15) is 0 Å². The Balaban J connectivity index is 1.94. The molecule has 1 aromatic heterocycles. The number of nitrogens with zero attached hydrogens (tertiary/aromatic N) is 3. The predicted molar refractivity (Wildman–Crippen MR) is 118 cm³/mol. The lowest BCUT2D eigenvalue weighted by molar-refractivity contribution is -0.117. The number of anilines is 2. The highest BCUT2D eigenvalue weighted by Gasteiger charge is 2.28. The Hall–Kier alpha value is -3.03. The Morgan fingerprint density at radius 3 is 2.83 bits per heavy atom. The third-order valence-electron chi connectivity index (χ3n) is 4.63. The van der Waals surface area contributed by atoms with Crippen molar-refractivity contribution in [2.75, 3.05) is 26.0 Å². The van der Waals surface area contributed by atoms with Crippen LogP contribution in [0.5, 0.6) is 0 Å². The number of fused-ring (bicyclic) bond motifs is 1. The number of likely N-dealkylation sites (N-methyl/N-ethyl adjacent to an activating group) is 1. The summed E-state index contributed by atoms with van der Waals surface area (Å²) >= 11 is 5.88. The number of amides is 1. The highest BCUT2D eigenvalue weighted by molar-refractivity contribution is 6.31. The summed E-state index contributed by atoms with van der Waals surface area (Å²) in [5, 5.41) is 7.49. The topological polar surface area (TPSA) is 70.1 Å². The fourth-order valence-electron chi connectivity index (χ4n) is 2.96. The van der Waals surface area contributed by atoms with Crippen molar-refractivity contribution in [1.82, 2.24) is 20.2 Å². The van der Waals surface area contributed by atoms with E-state index < -0.39 is 11.4 Å². The highest BCUT2D eigenvalue weighted by atomic mass is 35.5. The second kappa shape index (κ2) is 8.77. The van der Waals surface area contributed by atoms with Crippen molar-refractivity contribution < 1.29 is 9.18 Å². The summed E-state index contributed by atoms with van der Waals surface area (Å²) in [6.45, 7) is 6.61. The average Bonchev–Trinajstić information content (AvgIpc) is 2.66. The van der Waals surface area contributed by atoms with E-state index in [0.29, 0.717) is 34.2 Å². The van der Waals surface area contributed by atoms with E-state index in [-0.39, 0.29) is 10.9 Å². The SMILES string of the molecule is C=C1C=c2ncnc(Nc3ccc(F)c(Cl)c3)c2=CC1(C)NC(=O)/C=C/CN(C)C. The van der Waals surface area contributed by atoms with Crippen LogP contribution >= 0.6 is 11.6 Å². The van der Waals surface area contributed by atoms with Gasteiger partial charge in [-0.3, -0.25) is 4.79 Å². The molecule has 1 aliphatic rings. The standard InChI is InChI=1S/C22H23ClFN5O/c1-14-10-19-16(12-22(14,2)28-20(30)6-5-9-29(3)4)21(26-13-25-19)27-15-7-8-18(24)17(23)11-15/h5-8,10-13H,1,9H2,2-4H3,(H,28,30)(H,25,26,27)/b6-5+. The van der Waals surface area contributed by atoms with Gasteiger partial charge in [0.25, 0.3) is 0 Å². The third kappa shape index (κ3) is 4.93. The third-order valence-corrected chi connectivity index (χ3v) is 4.92. The van der Waals surface area contributed by atoms with Crippen LogP contribution in [0.3, 0.4) is 0 Å². The van der Waals surface area contributed by atoms with Crippen LogP contribution in [0.1, 0.15) is 6.92 Å². The molecule has 3 rings (SSSR count). The predicted octanol–water partition coefficient (Wildman–Crippen LogP) is 2.14. The molecule has 0 radical (unpaired) electrons. The Morgan fingerprint density at radius 1 is 1.37 bits per heavy atom. The monoisotopic (exact) mass is 427 g/mol. The lowest BCUT2D eigenvalue weighted by Crippen LogP contribution is -2.50. The summed E-state index contributed by atoms with van der Waals surface area (Å²) in [7, 11) is 3.85. The van der Waals surface area contributed by atoms with Crippen LogP contribution in [-0.4, -0.2) is 47.0 Å². The minimum absolute atomic E-state index is 0.00783. The van der Waals surface area contributed by atoms with Gasteiger partial charge in [0.1, 0.15) is 18.0 Å². The summed E-state index contributed by atoms with van der Waals surface area (Å²) in [5.74, 6) is -0.221. The molecule has 2 N–H and O–H groups in total. The average molecular weight is 428 g/mol. The van der Waals surface area contributed by atoms with Crippen molar-refractivity contribution in [3.05, 3.63) is 70.2 Å². The molecule has 1 atom stereocenters. The summed E-state index contributed by atoms with van der Waals surface area (Å²) in [4.78, 5) is 23.0. The van der Waals surface area contributed by atoms with E-state index in [9.17, 15) is 9.18 Å². The van der Waals surface area contributed by atoms with Crippen LogP contribution in [0.15, 0.2) is 48.8 Å². The fraction of sp³-hybridized carbons (Fsp3) is 0.227. The molecule has 0 fully saturated rings. The minimum atomic E-state index is -0.825. The molecule has 156 valence electrons. The largest absolute Gasteiger partial charge is 0.340 e. The van der Waals surface area contributed by atoms with E-state index in [2.05, 4.69) is 27.2 Å². The van der Waals surface area contributed by atoms with Gasteiger partial charge < -0.3 is 15.5 Å². The Bertz CT molecular complexity index is 1140. The van der Waals surface area contributed by atoms with Crippen molar-refractivity contribution in [3.63, 3.8) is 0 Å². The first-order chi connectivity index (χ1) is 14.2. The van der Waals surface area contributed by atoms with Crippen LogP contribution < -0.4 is 21.2 Å². The van der Waals surface area contributed by atoms with E-state index in [1.54, 1.807) is 12.1 Å². The van der Waals surface area contributed by atoms with Crippen LogP contribution in [0, 0.1) is 5.82 Å². The maximum Gasteiger partial charge on any atom is 0.244 e. The normalized spacial score (nSPS) is 18.0. The van der Waals surface area contributed by atoms with E-state index in [1.165, 1.54) is 24.5 Å². The molecule has 2 aromatic rings. The Kier molecular flexibility index (Phi) is 6.34. The van der Waals surface area contributed by atoms with Crippen molar-refractivity contribution in [2.24, 2.45) is 0 Å². The number of aromatic nitrogens is 2. The second-order valence-electron chi connectivity index (χ2n) is 7.45. The van der Waals surface area contributed by atoms with Crippen LogP contribution in [0.2, 0.25) is 5.02 Å². The van der Waals surface area contributed by atoms with Gasteiger partial charge >= 0.3 is 0 Å². The molecule has 1 aliphatic carbocycles. The summed E-state index contributed by atoms with van der Waals surface area (Å²) in [6.07, 6.45) is 8.38. The number of carbonyl (C=O) groups excluding carboxylic acids is 1. The Labute approximate surface area is 179 Å². The summed E-state index contributed by atoms with van der Waals surface area (Å²) < 4.78 is 13.5. The Morgan fingerprint density at radius 2 is 2.13 bits per heavy atom. The maximum absolute atomic E-state index is 13.5.